The SMILES string of the molecule is CCN1C(=O)[C@H]2[C@H]3[C@H](O)[C@H](O)CC(=NO[C@H](C)c4cn([C@H](CO)Cc5ccccc5)nn4)[C@@H]3CC[C@H]2C1=O. The molecule has 3 aliphatic rings. The lowest BCUT2D eigenvalue weighted by molar-refractivity contribution is -0.141. The van der Waals surface area contributed by atoms with Crippen LogP contribution in [0, 0.1) is 23.7 Å². The van der Waals surface area contributed by atoms with Gasteiger partial charge in [0, 0.05) is 24.8 Å². The molecule has 204 valence electrons. The average molecular weight is 526 g/mol. The maximum Gasteiger partial charge on any atom is 0.233 e. The van der Waals surface area contributed by atoms with E-state index in [4.69, 9.17) is 4.84 Å². The molecule has 2 saturated carbocycles. The van der Waals surface area contributed by atoms with Crippen molar-refractivity contribution in [3.8, 4) is 0 Å². The van der Waals surface area contributed by atoms with Crippen LogP contribution in [0.3, 0.4) is 0 Å². The standard InChI is InChI=1S/C27H35N5O6/c1-3-31-26(36)19-10-9-18-20(12-22(34)25(35)23(18)24(19)27(31)37)29-38-15(2)21-13-32(30-28-21)17(14-33)11-16-7-5-4-6-8-16/h4-8,13,15,17-19,22-25,33-35H,3,9-12,14H2,1-2H3/t15-,17+,18+,19-,22-,23+,24-,25-/m1/s1. The van der Waals surface area contributed by atoms with E-state index in [9.17, 15) is 24.9 Å². The highest BCUT2D eigenvalue weighted by atomic mass is 16.6. The summed E-state index contributed by atoms with van der Waals surface area (Å²) in [4.78, 5) is 32.9. The van der Waals surface area contributed by atoms with Crippen molar-refractivity contribution in [1.29, 1.82) is 0 Å². The van der Waals surface area contributed by atoms with E-state index >= 15 is 0 Å². The molecule has 11 heteroatoms. The lowest BCUT2D eigenvalue weighted by Gasteiger charge is -2.45. The Bertz CT molecular complexity index is 1190. The van der Waals surface area contributed by atoms with Gasteiger partial charge in [-0.05, 0) is 38.7 Å². The maximum absolute atomic E-state index is 13.0. The molecular weight excluding hydrogens is 490 g/mol. The van der Waals surface area contributed by atoms with Crippen molar-refractivity contribution >= 4 is 17.5 Å². The minimum Gasteiger partial charge on any atom is -0.394 e. The topological polar surface area (TPSA) is 150 Å². The normalized spacial score (nSPS) is 31.7. The third-order valence-corrected chi connectivity index (χ3v) is 8.36. The molecule has 11 nitrogen and oxygen atoms in total. The summed E-state index contributed by atoms with van der Waals surface area (Å²) in [5.74, 6) is -2.44. The first-order valence-electron chi connectivity index (χ1n) is 13.3. The fraction of sp³-hybridized carbons (Fsp3) is 0.593. The summed E-state index contributed by atoms with van der Waals surface area (Å²) in [5.41, 5.74) is 2.19. The summed E-state index contributed by atoms with van der Waals surface area (Å²) in [5, 5.41) is 44.2. The molecule has 3 fully saturated rings. The summed E-state index contributed by atoms with van der Waals surface area (Å²) in [6, 6.07) is 9.54. The fourth-order valence-corrected chi connectivity index (χ4v) is 6.33. The van der Waals surface area contributed by atoms with E-state index < -0.39 is 36.1 Å². The molecule has 5 rings (SSSR count). The van der Waals surface area contributed by atoms with Crippen LogP contribution in [0.2, 0.25) is 0 Å². The number of rotatable bonds is 8. The molecule has 0 unspecified atom stereocenters. The summed E-state index contributed by atoms with van der Waals surface area (Å²) < 4.78 is 1.62. The number of hydrogen-bond acceptors (Lipinski definition) is 9. The van der Waals surface area contributed by atoms with Crippen LogP contribution >= 0.6 is 0 Å². The number of carbonyl (C=O) groups is 2. The van der Waals surface area contributed by atoms with Crippen LogP contribution < -0.4 is 0 Å². The van der Waals surface area contributed by atoms with E-state index in [0.29, 0.717) is 37.2 Å². The van der Waals surface area contributed by atoms with Crippen molar-refractivity contribution < 1.29 is 29.7 Å². The average Bonchev–Trinajstić information content (AvgIpc) is 3.51. The van der Waals surface area contributed by atoms with Gasteiger partial charge in [-0.15, -0.1) is 5.10 Å². The molecule has 1 aromatic heterocycles. The highest BCUT2D eigenvalue weighted by molar-refractivity contribution is 6.06. The van der Waals surface area contributed by atoms with Crippen LogP contribution in [0.4, 0.5) is 0 Å². The molecule has 0 bridgehead atoms. The minimum absolute atomic E-state index is 0.0998. The predicted molar refractivity (Wildman–Crippen MR) is 135 cm³/mol. The van der Waals surface area contributed by atoms with Crippen molar-refractivity contribution in [2.75, 3.05) is 13.2 Å². The number of fused-ring (bicyclic) bond motifs is 3. The van der Waals surface area contributed by atoms with Gasteiger partial charge in [0.1, 0.15) is 5.69 Å². The smallest absolute Gasteiger partial charge is 0.233 e. The number of hydrogen-bond donors (Lipinski definition) is 3. The molecular formula is C27H35N5O6. The van der Waals surface area contributed by atoms with E-state index in [0.717, 1.165) is 5.56 Å². The molecule has 3 N–H and O–H groups in total. The molecule has 1 saturated heterocycles. The number of aliphatic hydroxyl groups is 3. The molecule has 0 radical (unpaired) electrons. The Morgan fingerprint density at radius 1 is 1.13 bits per heavy atom. The molecule has 2 aromatic rings. The van der Waals surface area contributed by atoms with Crippen molar-refractivity contribution in [2.45, 2.75) is 63.9 Å². The molecule has 38 heavy (non-hydrogen) atoms. The maximum atomic E-state index is 13.0. The van der Waals surface area contributed by atoms with Crippen molar-refractivity contribution in [3.63, 3.8) is 0 Å². The Balaban J connectivity index is 1.30. The number of amides is 2. The van der Waals surface area contributed by atoms with E-state index in [-0.39, 0.29) is 36.8 Å². The molecule has 1 aliphatic heterocycles. The zero-order chi connectivity index (χ0) is 27.0. The first-order valence-corrected chi connectivity index (χ1v) is 13.3. The molecule has 2 amide bonds. The number of carbonyl (C=O) groups excluding carboxylic acids is 2. The number of nitrogens with zero attached hydrogens (tertiary/aromatic N) is 5. The quantitative estimate of drug-likeness (QED) is 0.344. The van der Waals surface area contributed by atoms with Gasteiger partial charge in [-0.25, -0.2) is 4.68 Å². The number of aliphatic hydroxyl groups excluding tert-OH is 3. The zero-order valence-electron chi connectivity index (χ0n) is 21.6. The molecule has 2 heterocycles. The van der Waals surface area contributed by atoms with Crippen LogP contribution in [0.5, 0.6) is 0 Å². The highest BCUT2D eigenvalue weighted by Gasteiger charge is 2.59. The fourth-order valence-electron chi connectivity index (χ4n) is 6.33. The third kappa shape index (κ3) is 4.74. The Morgan fingerprint density at radius 2 is 1.87 bits per heavy atom. The van der Waals surface area contributed by atoms with Crippen molar-refractivity contribution in [1.82, 2.24) is 19.9 Å². The second kappa shape index (κ2) is 10.9. The van der Waals surface area contributed by atoms with Gasteiger partial charge in [0.05, 0.1) is 48.6 Å². The number of oxime groups is 1. The van der Waals surface area contributed by atoms with Gasteiger partial charge in [0.15, 0.2) is 6.10 Å². The van der Waals surface area contributed by atoms with Crippen molar-refractivity contribution in [3.05, 3.63) is 47.8 Å². The van der Waals surface area contributed by atoms with Gasteiger partial charge in [-0.1, -0.05) is 40.7 Å². The van der Waals surface area contributed by atoms with E-state index in [1.54, 1.807) is 24.7 Å². The second-order valence-electron chi connectivity index (χ2n) is 10.6. The molecule has 1 aromatic carbocycles. The molecule has 2 aliphatic carbocycles. The largest absolute Gasteiger partial charge is 0.394 e. The highest BCUT2D eigenvalue weighted by Crippen LogP contribution is 2.49. The Hall–Kier alpha value is -3.15. The lowest BCUT2D eigenvalue weighted by Crippen LogP contribution is -2.54. The van der Waals surface area contributed by atoms with Crippen LogP contribution in [-0.4, -0.2) is 78.1 Å². The summed E-state index contributed by atoms with van der Waals surface area (Å²) in [6.07, 6.45) is 0.788. The first-order chi connectivity index (χ1) is 18.3. The Labute approximate surface area is 221 Å². The summed E-state index contributed by atoms with van der Waals surface area (Å²) in [7, 11) is 0. The number of imide groups is 1. The van der Waals surface area contributed by atoms with E-state index in [1.807, 2.05) is 30.3 Å². The zero-order valence-corrected chi connectivity index (χ0v) is 21.6. The first kappa shape index (κ1) is 26.5. The monoisotopic (exact) mass is 525 g/mol. The van der Waals surface area contributed by atoms with Crippen LogP contribution in [0.25, 0.3) is 0 Å². The van der Waals surface area contributed by atoms with Crippen LogP contribution in [0.15, 0.2) is 41.7 Å². The third-order valence-electron chi connectivity index (χ3n) is 8.36. The predicted octanol–water partition coefficient (Wildman–Crippen LogP) is 1.26. The van der Waals surface area contributed by atoms with Gasteiger partial charge >= 0.3 is 0 Å². The summed E-state index contributed by atoms with van der Waals surface area (Å²) >= 11 is 0. The van der Waals surface area contributed by atoms with Gasteiger partial charge in [0.2, 0.25) is 11.8 Å². The second-order valence-corrected chi connectivity index (χ2v) is 10.6. The Morgan fingerprint density at radius 3 is 2.58 bits per heavy atom. The molecule has 8 atom stereocenters. The minimum atomic E-state index is -1.11. The lowest BCUT2D eigenvalue weighted by atomic mass is 9.60. The number of aromatic nitrogens is 3. The summed E-state index contributed by atoms with van der Waals surface area (Å²) in [6.45, 7) is 3.74. The number of likely N-dealkylation sites (tertiary alicyclic amines) is 1. The van der Waals surface area contributed by atoms with E-state index in [1.165, 1.54) is 4.90 Å². The molecule has 0 spiro atoms. The van der Waals surface area contributed by atoms with E-state index in [2.05, 4.69) is 15.5 Å². The van der Waals surface area contributed by atoms with Crippen LogP contribution in [-0.2, 0) is 20.8 Å². The van der Waals surface area contributed by atoms with Gasteiger partial charge in [0.25, 0.3) is 0 Å². The number of benzene rings is 1. The van der Waals surface area contributed by atoms with Gasteiger partial charge in [-0.2, -0.15) is 0 Å². The van der Waals surface area contributed by atoms with Crippen LogP contribution in [0.1, 0.15) is 56.5 Å². The van der Waals surface area contributed by atoms with Gasteiger partial charge in [-0.3, -0.25) is 14.5 Å². The van der Waals surface area contributed by atoms with Crippen molar-refractivity contribution in [2.24, 2.45) is 28.8 Å². The van der Waals surface area contributed by atoms with Gasteiger partial charge < -0.3 is 20.2 Å². The Kier molecular flexibility index (Phi) is 7.60.